The summed E-state index contributed by atoms with van der Waals surface area (Å²) in [6, 6.07) is 3.51. The molecule has 1 aromatic heterocycles. The molecule has 0 spiro atoms. The average Bonchev–Trinajstić information content (AvgIpc) is 3.08. The van der Waals surface area contributed by atoms with Gasteiger partial charge in [-0.15, -0.1) is 6.42 Å². The van der Waals surface area contributed by atoms with Crippen LogP contribution in [-0.4, -0.2) is 28.1 Å². The van der Waals surface area contributed by atoms with Gasteiger partial charge < -0.3 is 5.11 Å². The van der Waals surface area contributed by atoms with E-state index in [2.05, 4.69) is 15.8 Å². The SMILES string of the molecule is C#CCN(Cc1nc(C)ccc1O)CC1CC1. The van der Waals surface area contributed by atoms with Crippen molar-refractivity contribution in [2.75, 3.05) is 13.1 Å². The van der Waals surface area contributed by atoms with Crippen molar-refractivity contribution >= 4 is 0 Å². The van der Waals surface area contributed by atoms with Crippen molar-refractivity contribution in [1.29, 1.82) is 0 Å². The highest BCUT2D eigenvalue weighted by molar-refractivity contribution is 5.27. The number of hydrogen-bond acceptors (Lipinski definition) is 3. The summed E-state index contributed by atoms with van der Waals surface area (Å²) in [4.78, 5) is 6.54. The summed E-state index contributed by atoms with van der Waals surface area (Å²) in [7, 11) is 0. The van der Waals surface area contributed by atoms with Crippen LogP contribution in [0.1, 0.15) is 24.2 Å². The Balaban J connectivity index is 2.04. The monoisotopic (exact) mass is 230 g/mol. The van der Waals surface area contributed by atoms with Gasteiger partial charge >= 0.3 is 0 Å². The molecular weight excluding hydrogens is 212 g/mol. The first-order valence-electron chi connectivity index (χ1n) is 6.00. The first-order valence-corrected chi connectivity index (χ1v) is 6.00. The van der Waals surface area contributed by atoms with Crippen molar-refractivity contribution in [3.63, 3.8) is 0 Å². The van der Waals surface area contributed by atoms with Gasteiger partial charge in [0.15, 0.2) is 0 Å². The van der Waals surface area contributed by atoms with Crippen LogP contribution in [0, 0.1) is 25.2 Å². The van der Waals surface area contributed by atoms with E-state index in [4.69, 9.17) is 6.42 Å². The summed E-state index contributed by atoms with van der Waals surface area (Å²) < 4.78 is 0. The van der Waals surface area contributed by atoms with Crippen molar-refractivity contribution in [1.82, 2.24) is 9.88 Å². The van der Waals surface area contributed by atoms with Gasteiger partial charge in [-0.1, -0.05) is 5.92 Å². The minimum Gasteiger partial charge on any atom is -0.506 e. The number of aryl methyl sites for hydroxylation is 1. The number of hydrogen-bond donors (Lipinski definition) is 1. The Bertz CT molecular complexity index is 432. The Morgan fingerprint density at radius 3 is 2.94 bits per heavy atom. The van der Waals surface area contributed by atoms with Gasteiger partial charge in [-0.2, -0.15) is 0 Å². The van der Waals surface area contributed by atoms with Crippen LogP contribution in [-0.2, 0) is 6.54 Å². The van der Waals surface area contributed by atoms with E-state index in [1.165, 1.54) is 12.8 Å². The van der Waals surface area contributed by atoms with Crippen molar-refractivity contribution < 1.29 is 5.11 Å². The fourth-order valence-corrected chi connectivity index (χ4v) is 1.91. The molecule has 2 rings (SSSR count). The molecule has 17 heavy (non-hydrogen) atoms. The zero-order valence-electron chi connectivity index (χ0n) is 10.2. The van der Waals surface area contributed by atoms with Gasteiger partial charge in [0.05, 0.1) is 12.2 Å². The van der Waals surface area contributed by atoms with E-state index in [1.807, 2.05) is 13.0 Å². The molecule has 3 nitrogen and oxygen atoms in total. The van der Waals surface area contributed by atoms with E-state index in [0.717, 1.165) is 23.9 Å². The molecule has 0 bridgehead atoms. The maximum atomic E-state index is 9.76. The number of terminal acetylenes is 1. The van der Waals surface area contributed by atoms with Crippen molar-refractivity contribution in [2.45, 2.75) is 26.3 Å². The highest BCUT2D eigenvalue weighted by atomic mass is 16.3. The normalized spacial score (nSPS) is 14.9. The minimum atomic E-state index is 0.258. The van der Waals surface area contributed by atoms with Crippen LogP contribution in [0.3, 0.4) is 0 Å². The van der Waals surface area contributed by atoms with Crippen molar-refractivity contribution in [3.05, 3.63) is 23.5 Å². The molecule has 3 heteroatoms. The Hall–Kier alpha value is -1.53. The molecule has 0 aliphatic heterocycles. The third kappa shape index (κ3) is 3.47. The highest BCUT2D eigenvalue weighted by Gasteiger charge is 2.24. The molecule has 1 aliphatic rings. The predicted molar refractivity (Wildman–Crippen MR) is 67.5 cm³/mol. The molecule has 0 aromatic carbocycles. The Morgan fingerprint density at radius 1 is 1.53 bits per heavy atom. The van der Waals surface area contributed by atoms with Gasteiger partial charge in [-0.3, -0.25) is 9.88 Å². The number of aromatic nitrogens is 1. The summed E-state index contributed by atoms with van der Waals surface area (Å²) in [6.45, 7) is 4.19. The topological polar surface area (TPSA) is 36.4 Å². The highest BCUT2D eigenvalue weighted by Crippen LogP contribution is 2.30. The van der Waals surface area contributed by atoms with Crippen molar-refractivity contribution in [3.8, 4) is 18.1 Å². The van der Waals surface area contributed by atoms with Crippen LogP contribution in [0.4, 0.5) is 0 Å². The largest absolute Gasteiger partial charge is 0.506 e. The maximum absolute atomic E-state index is 9.76. The first kappa shape index (κ1) is 11.9. The standard InChI is InChI=1S/C14H18N2O/c1-3-8-16(9-12-5-6-12)10-13-14(17)7-4-11(2)15-13/h1,4,7,12,17H,5-6,8-10H2,2H3. The summed E-state index contributed by atoms with van der Waals surface area (Å²) in [5.74, 6) is 3.72. The number of rotatable bonds is 5. The first-order chi connectivity index (χ1) is 8.19. The van der Waals surface area contributed by atoms with E-state index in [-0.39, 0.29) is 5.75 Å². The zero-order chi connectivity index (χ0) is 12.3. The molecule has 1 heterocycles. The molecular formula is C14H18N2O. The van der Waals surface area contributed by atoms with Gasteiger partial charge in [0.2, 0.25) is 0 Å². The van der Waals surface area contributed by atoms with E-state index in [0.29, 0.717) is 13.1 Å². The second-order valence-electron chi connectivity index (χ2n) is 4.74. The lowest BCUT2D eigenvalue weighted by Gasteiger charge is -2.19. The number of nitrogens with zero attached hydrogens (tertiary/aromatic N) is 2. The predicted octanol–water partition coefficient (Wildman–Crippen LogP) is 1.94. The van der Waals surface area contributed by atoms with Crippen LogP contribution in [0.2, 0.25) is 0 Å². The smallest absolute Gasteiger partial charge is 0.138 e. The third-order valence-electron chi connectivity index (χ3n) is 2.99. The average molecular weight is 230 g/mol. The van der Waals surface area contributed by atoms with Crippen LogP contribution in [0.5, 0.6) is 5.75 Å². The third-order valence-corrected chi connectivity index (χ3v) is 2.99. The summed E-state index contributed by atoms with van der Waals surface area (Å²) in [6.07, 6.45) is 7.97. The lowest BCUT2D eigenvalue weighted by atomic mass is 10.2. The molecule has 0 saturated heterocycles. The molecule has 90 valence electrons. The van der Waals surface area contributed by atoms with Crippen LogP contribution in [0.15, 0.2) is 12.1 Å². The summed E-state index contributed by atoms with van der Waals surface area (Å²) in [5.41, 5.74) is 1.64. The molecule has 0 radical (unpaired) electrons. The second kappa shape index (κ2) is 5.20. The Labute approximate surface area is 102 Å². The lowest BCUT2D eigenvalue weighted by molar-refractivity contribution is 0.278. The zero-order valence-corrected chi connectivity index (χ0v) is 10.2. The summed E-state index contributed by atoms with van der Waals surface area (Å²) in [5, 5.41) is 9.76. The quantitative estimate of drug-likeness (QED) is 0.785. The molecule has 1 fully saturated rings. The van der Waals surface area contributed by atoms with Gasteiger partial charge in [0.1, 0.15) is 5.75 Å². The number of pyridine rings is 1. The fraction of sp³-hybridized carbons (Fsp3) is 0.500. The minimum absolute atomic E-state index is 0.258. The molecule has 0 amide bonds. The molecule has 1 aliphatic carbocycles. The van der Waals surface area contributed by atoms with E-state index in [9.17, 15) is 5.11 Å². The van der Waals surface area contributed by atoms with E-state index < -0.39 is 0 Å². The van der Waals surface area contributed by atoms with Crippen LogP contribution >= 0.6 is 0 Å². The maximum Gasteiger partial charge on any atom is 0.138 e. The molecule has 0 atom stereocenters. The summed E-state index contributed by atoms with van der Waals surface area (Å²) >= 11 is 0. The van der Waals surface area contributed by atoms with Gasteiger partial charge in [-0.05, 0) is 37.8 Å². The number of aromatic hydroxyl groups is 1. The van der Waals surface area contributed by atoms with E-state index >= 15 is 0 Å². The van der Waals surface area contributed by atoms with Crippen LogP contribution in [0.25, 0.3) is 0 Å². The molecule has 1 N–H and O–H groups in total. The Kier molecular flexibility index (Phi) is 3.65. The van der Waals surface area contributed by atoms with E-state index in [1.54, 1.807) is 6.07 Å². The Morgan fingerprint density at radius 2 is 2.29 bits per heavy atom. The van der Waals surface area contributed by atoms with Gasteiger partial charge in [0.25, 0.3) is 0 Å². The lowest BCUT2D eigenvalue weighted by Crippen LogP contribution is -2.26. The second-order valence-corrected chi connectivity index (χ2v) is 4.74. The van der Waals surface area contributed by atoms with Crippen LogP contribution < -0.4 is 0 Å². The molecule has 1 saturated carbocycles. The van der Waals surface area contributed by atoms with Gasteiger partial charge in [-0.25, -0.2) is 0 Å². The fourth-order valence-electron chi connectivity index (χ4n) is 1.91. The van der Waals surface area contributed by atoms with Gasteiger partial charge in [0, 0.05) is 18.8 Å². The molecule has 1 aromatic rings. The van der Waals surface area contributed by atoms with Crippen molar-refractivity contribution in [2.24, 2.45) is 5.92 Å². The molecule has 0 unspecified atom stereocenters.